The van der Waals surface area contributed by atoms with Crippen LogP contribution in [0.2, 0.25) is 5.02 Å². The third-order valence-electron chi connectivity index (χ3n) is 4.12. The summed E-state index contributed by atoms with van der Waals surface area (Å²) >= 11 is 5.88. The summed E-state index contributed by atoms with van der Waals surface area (Å²) in [6.07, 6.45) is 0. The van der Waals surface area contributed by atoms with E-state index in [9.17, 15) is 24.8 Å². The van der Waals surface area contributed by atoms with Crippen LogP contribution in [0.3, 0.4) is 0 Å². The number of ether oxygens (including phenoxy) is 1. The summed E-state index contributed by atoms with van der Waals surface area (Å²) in [5.41, 5.74) is 0.118. The first-order valence-corrected chi connectivity index (χ1v) is 8.08. The first kappa shape index (κ1) is 18.4. The second-order valence-corrected chi connectivity index (χ2v) is 6.10. The van der Waals surface area contributed by atoms with E-state index in [-0.39, 0.29) is 16.8 Å². The van der Waals surface area contributed by atoms with E-state index in [1.165, 1.54) is 36.4 Å². The number of benzene rings is 2. The van der Waals surface area contributed by atoms with Crippen molar-refractivity contribution in [3.63, 3.8) is 0 Å². The van der Waals surface area contributed by atoms with Crippen molar-refractivity contribution in [2.75, 3.05) is 12.0 Å². The Morgan fingerprint density at radius 2 is 1.93 bits per heavy atom. The van der Waals surface area contributed by atoms with Gasteiger partial charge in [0.25, 0.3) is 11.6 Å². The molecule has 2 aromatic carbocycles. The van der Waals surface area contributed by atoms with Crippen molar-refractivity contribution < 1.29 is 24.4 Å². The Balaban J connectivity index is 2.20. The molecule has 1 unspecified atom stereocenters. The number of carbonyl (C=O) groups is 2. The normalized spacial score (nSPS) is 16.6. The van der Waals surface area contributed by atoms with Crippen molar-refractivity contribution in [1.29, 1.82) is 0 Å². The number of methoxy groups -OCH3 is 1. The smallest absolute Gasteiger partial charge is 0.340 e. The van der Waals surface area contributed by atoms with Crippen molar-refractivity contribution >= 4 is 34.9 Å². The van der Waals surface area contributed by atoms with Gasteiger partial charge >= 0.3 is 5.97 Å². The summed E-state index contributed by atoms with van der Waals surface area (Å²) in [5.74, 6) is -2.50. The van der Waals surface area contributed by atoms with Crippen molar-refractivity contribution in [2.24, 2.45) is 0 Å². The Kier molecular flexibility index (Phi) is 4.83. The summed E-state index contributed by atoms with van der Waals surface area (Å²) in [4.78, 5) is 36.6. The predicted molar refractivity (Wildman–Crippen MR) is 96.4 cm³/mol. The average molecular weight is 389 g/mol. The number of aliphatic hydroxyl groups excluding tert-OH is 1. The molecule has 27 heavy (non-hydrogen) atoms. The standard InChI is InChI=1S/C18H13ClN2O6/c1-27-18(24)14-15(10-3-2-4-13(9-10)21(25)26)20(17(23)16(14)22)12-7-5-11(19)6-8-12/h2-9,15,22H,1H3. The molecule has 1 atom stereocenters. The zero-order chi connectivity index (χ0) is 19.7. The molecular formula is C18H13ClN2O6. The van der Waals surface area contributed by atoms with Crippen LogP contribution in [0.1, 0.15) is 11.6 Å². The minimum absolute atomic E-state index is 0.216. The Hall–Kier alpha value is -3.39. The highest BCUT2D eigenvalue weighted by molar-refractivity contribution is 6.30. The van der Waals surface area contributed by atoms with E-state index in [0.717, 1.165) is 12.0 Å². The maximum absolute atomic E-state index is 12.7. The fourth-order valence-corrected chi connectivity index (χ4v) is 3.04. The number of non-ortho nitro benzene ring substituents is 1. The summed E-state index contributed by atoms with van der Waals surface area (Å²) in [5, 5.41) is 21.8. The second-order valence-electron chi connectivity index (χ2n) is 5.66. The number of nitrogens with zero attached hydrogens (tertiary/aromatic N) is 2. The fourth-order valence-electron chi connectivity index (χ4n) is 2.92. The highest BCUT2D eigenvalue weighted by Gasteiger charge is 2.45. The molecule has 0 bridgehead atoms. The molecule has 9 heteroatoms. The van der Waals surface area contributed by atoms with E-state index < -0.39 is 28.6 Å². The molecule has 8 nitrogen and oxygen atoms in total. The molecule has 1 heterocycles. The maximum Gasteiger partial charge on any atom is 0.340 e. The number of carbonyl (C=O) groups excluding carboxylic acids is 2. The quantitative estimate of drug-likeness (QED) is 0.488. The highest BCUT2D eigenvalue weighted by atomic mass is 35.5. The van der Waals surface area contributed by atoms with Crippen LogP contribution in [0, 0.1) is 10.1 Å². The van der Waals surface area contributed by atoms with Gasteiger partial charge in [-0.3, -0.25) is 19.8 Å². The summed E-state index contributed by atoms with van der Waals surface area (Å²) in [6.45, 7) is 0. The molecule has 0 fully saturated rings. The van der Waals surface area contributed by atoms with Crippen LogP contribution in [0.15, 0.2) is 59.9 Å². The van der Waals surface area contributed by atoms with Gasteiger partial charge in [0.2, 0.25) is 0 Å². The zero-order valence-electron chi connectivity index (χ0n) is 14.0. The lowest BCUT2D eigenvalue weighted by atomic mass is 9.98. The van der Waals surface area contributed by atoms with E-state index in [4.69, 9.17) is 16.3 Å². The van der Waals surface area contributed by atoms with Gasteiger partial charge in [-0.05, 0) is 29.8 Å². The monoisotopic (exact) mass is 388 g/mol. The fraction of sp³-hybridized carbons (Fsp3) is 0.111. The number of rotatable bonds is 4. The van der Waals surface area contributed by atoms with Gasteiger partial charge in [-0.1, -0.05) is 23.7 Å². The molecule has 0 radical (unpaired) electrons. The van der Waals surface area contributed by atoms with Gasteiger partial charge in [-0.2, -0.15) is 0 Å². The zero-order valence-corrected chi connectivity index (χ0v) is 14.7. The summed E-state index contributed by atoms with van der Waals surface area (Å²) in [6, 6.07) is 10.6. The molecule has 2 aromatic rings. The van der Waals surface area contributed by atoms with Crippen molar-refractivity contribution in [2.45, 2.75) is 6.04 Å². The summed E-state index contributed by atoms with van der Waals surface area (Å²) in [7, 11) is 1.11. The van der Waals surface area contributed by atoms with Crippen LogP contribution < -0.4 is 4.90 Å². The number of esters is 1. The molecule has 1 aliphatic heterocycles. The van der Waals surface area contributed by atoms with Crippen LogP contribution in [0.4, 0.5) is 11.4 Å². The van der Waals surface area contributed by atoms with Crippen LogP contribution >= 0.6 is 11.6 Å². The van der Waals surface area contributed by atoms with Gasteiger partial charge < -0.3 is 9.84 Å². The van der Waals surface area contributed by atoms with Crippen LogP contribution in [-0.2, 0) is 14.3 Å². The van der Waals surface area contributed by atoms with E-state index in [1.54, 1.807) is 12.1 Å². The molecule has 138 valence electrons. The third-order valence-corrected chi connectivity index (χ3v) is 4.37. The second kappa shape index (κ2) is 7.08. The van der Waals surface area contributed by atoms with E-state index in [0.29, 0.717) is 10.7 Å². The maximum atomic E-state index is 12.7. The minimum Gasteiger partial charge on any atom is -0.503 e. The van der Waals surface area contributed by atoms with Crippen LogP contribution in [0.25, 0.3) is 0 Å². The number of anilines is 1. The van der Waals surface area contributed by atoms with Gasteiger partial charge in [0, 0.05) is 22.8 Å². The summed E-state index contributed by atoms with van der Waals surface area (Å²) < 4.78 is 4.69. The molecule has 1 N–H and O–H groups in total. The molecule has 0 saturated heterocycles. The highest BCUT2D eigenvalue weighted by Crippen LogP contribution is 2.41. The van der Waals surface area contributed by atoms with Gasteiger partial charge in [-0.25, -0.2) is 4.79 Å². The van der Waals surface area contributed by atoms with E-state index in [1.807, 2.05) is 0 Å². The topological polar surface area (TPSA) is 110 Å². The van der Waals surface area contributed by atoms with Crippen LogP contribution in [0.5, 0.6) is 0 Å². The van der Waals surface area contributed by atoms with Crippen molar-refractivity contribution in [3.05, 3.63) is 80.6 Å². The van der Waals surface area contributed by atoms with Gasteiger partial charge in [-0.15, -0.1) is 0 Å². The molecule has 0 aliphatic carbocycles. The predicted octanol–water partition coefficient (Wildman–Crippen LogP) is 3.32. The molecule has 1 aliphatic rings. The Labute approximate surface area is 158 Å². The Morgan fingerprint density at radius 1 is 1.26 bits per heavy atom. The lowest BCUT2D eigenvalue weighted by molar-refractivity contribution is -0.384. The third kappa shape index (κ3) is 3.22. The van der Waals surface area contributed by atoms with E-state index in [2.05, 4.69) is 0 Å². The molecule has 3 rings (SSSR count). The molecule has 1 amide bonds. The lowest BCUT2D eigenvalue weighted by Crippen LogP contribution is -2.31. The first-order chi connectivity index (χ1) is 12.8. The SMILES string of the molecule is COC(=O)C1=C(O)C(=O)N(c2ccc(Cl)cc2)C1c1cccc([N+](=O)[O-])c1. The first-order valence-electron chi connectivity index (χ1n) is 7.70. The minimum atomic E-state index is -1.09. The van der Waals surface area contributed by atoms with Gasteiger partial charge in [0.05, 0.1) is 18.1 Å². The Morgan fingerprint density at radius 3 is 2.52 bits per heavy atom. The molecular weight excluding hydrogens is 376 g/mol. The Bertz CT molecular complexity index is 970. The number of nitro groups is 1. The largest absolute Gasteiger partial charge is 0.503 e. The number of aliphatic hydroxyl groups is 1. The number of hydrogen-bond acceptors (Lipinski definition) is 6. The van der Waals surface area contributed by atoms with E-state index >= 15 is 0 Å². The van der Waals surface area contributed by atoms with Crippen molar-refractivity contribution in [3.8, 4) is 0 Å². The molecule has 0 spiro atoms. The average Bonchev–Trinajstić information content (AvgIpc) is 2.93. The molecule has 0 aromatic heterocycles. The number of amides is 1. The number of nitro benzene ring substituents is 1. The number of halogens is 1. The van der Waals surface area contributed by atoms with Crippen molar-refractivity contribution in [1.82, 2.24) is 0 Å². The lowest BCUT2D eigenvalue weighted by Gasteiger charge is -2.26. The number of hydrogen-bond donors (Lipinski definition) is 1. The van der Waals surface area contributed by atoms with Gasteiger partial charge in [0.1, 0.15) is 5.57 Å². The van der Waals surface area contributed by atoms with Crippen LogP contribution in [-0.4, -0.2) is 29.0 Å². The molecule has 0 saturated carbocycles. The van der Waals surface area contributed by atoms with Gasteiger partial charge in [0.15, 0.2) is 5.76 Å².